The second kappa shape index (κ2) is 6.79. The predicted octanol–water partition coefficient (Wildman–Crippen LogP) is 3.00. The Morgan fingerprint density at radius 3 is 2.44 bits per heavy atom. The summed E-state index contributed by atoms with van der Waals surface area (Å²) >= 11 is 0. The van der Waals surface area contributed by atoms with Crippen LogP contribution in [0.2, 0.25) is 0 Å². The number of nitrogens with one attached hydrogen (secondary N) is 1. The lowest BCUT2D eigenvalue weighted by Gasteiger charge is -2.32. The van der Waals surface area contributed by atoms with Gasteiger partial charge in [0, 0.05) is 31.9 Å². The Kier molecular flexibility index (Phi) is 5.06. The average Bonchev–Trinajstić information content (AvgIpc) is 2.42. The fourth-order valence-corrected chi connectivity index (χ4v) is 2.87. The van der Waals surface area contributed by atoms with Crippen LogP contribution in [0.1, 0.15) is 37.8 Å². The Bertz CT molecular complexity index is 367. The summed E-state index contributed by atoms with van der Waals surface area (Å²) in [6.45, 7) is 9.07. The van der Waals surface area contributed by atoms with Gasteiger partial charge in [0.05, 0.1) is 0 Å². The predicted molar refractivity (Wildman–Crippen MR) is 79.5 cm³/mol. The molecule has 1 aliphatic heterocycles. The summed E-state index contributed by atoms with van der Waals surface area (Å²) in [5.74, 6) is 0. The molecule has 0 saturated carbocycles. The molecule has 2 nitrogen and oxygen atoms in total. The molecule has 18 heavy (non-hydrogen) atoms. The van der Waals surface area contributed by atoms with E-state index in [9.17, 15) is 0 Å². The molecule has 0 aromatic heterocycles. The van der Waals surface area contributed by atoms with Gasteiger partial charge in [0.15, 0.2) is 0 Å². The van der Waals surface area contributed by atoms with Crippen molar-refractivity contribution >= 4 is 5.69 Å². The van der Waals surface area contributed by atoms with Gasteiger partial charge in [-0.25, -0.2) is 0 Å². The number of benzene rings is 1. The first kappa shape index (κ1) is 13.4. The van der Waals surface area contributed by atoms with Gasteiger partial charge in [0.2, 0.25) is 0 Å². The van der Waals surface area contributed by atoms with Crippen LogP contribution in [-0.2, 0) is 12.8 Å². The molecule has 100 valence electrons. The van der Waals surface area contributed by atoms with Crippen molar-refractivity contribution in [2.45, 2.75) is 39.5 Å². The lowest BCUT2D eigenvalue weighted by Crippen LogP contribution is -2.44. The van der Waals surface area contributed by atoms with E-state index in [-0.39, 0.29) is 0 Å². The van der Waals surface area contributed by atoms with Crippen molar-refractivity contribution in [1.29, 1.82) is 0 Å². The lowest BCUT2D eigenvalue weighted by molar-refractivity contribution is 0.587. The van der Waals surface area contributed by atoms with E-state index in [1.807, 2.05) is 0 Å². The maximum Gasteiger partial charge on any atom is 0.0402 e. The van der Waals surface area contributed by atoms with E-state index in [4.69, 9.17) is 0 Å². The second-order valence-corrected chi connectivity index (χ2v) is 5.15. The van der Waals surface area contributed by atoms with Gasteiger partial charge in [-0.3, -0.25) is 0 Å². The number of piperazine rings is 1. The van der Waals surface area contributed by atoms with Gasteiger partial charge >= 0.3 is 0 Å². The fourth-order valence-electron chi connectivity index (χ4n) is 2.87. The summed E-state index contributed by atoms with van der Waals surface area (Å²) in [5.41, 5.74) is 4.66. The van der Waals surface area contributed by atoms with E-state index < -0.39 is 0 Å². The molecule has 2 rings (SSSR count). The van der Waals surface area contributed by atoms with Crippen LogP contribution < -0.4 is 10.2 Å². The zero-order chi connectivity index (χ0) is 12.8. The fraction of sp³-hybridized carbons (Fsp3) is 0.625. The van der Waals surface area contributed by atoms with Crippen molar-refractivity contribution in [3.63, 3.8) is 0 Å². The van der Waals surface area contributed by atoms with Gasteiger partial charge in [-0.1, -0.05) is 38.8 Å². The van der Waals surface area contributed by atoms with E-state index >= 15 is 0 Å². The van der Waals surface area contributed by atoms with Crippen LogP contribution in [0, 0.1) is 0 Å². The summed E-state index contributed by atoms with van der Waals surface area (Å²) in [7, 11) is 0. The van der Waals surface area contributed by atoms with Crippen molar-refractivity contribution in [2.75, 3.05) is 31.1 Å². The number of nitrogens with zero attached hydrogens (tertiary/aromatic N) is 1. The maximum atomic E-state index is 3.43. The molecule has 0 radical (unpaired) electrons. The van der Waals surface area contributed by atoms with Gasteiger partial charge < -0.3 is 10.2 Å². The Labute approximate surface area is 111 Å². The highest BCUT2D eigenvalue weighted by Gasteiger charge is 2.15. The van der Waals surface area contributed by atoms with E-state index in [0.717, 1.165) is 26.2 Å². The smallest absolute Gasteiger partial charge is 0.0402 e. The molecule has 0 aliphatic carbocycles. The molecule has 1 N–H and O–H groups in total. The van der Waals surface area contributed by atoms with Crippen molar-refractivity contribution in [2.24, 2.45) is 0 Å². The number of aryl methyl sites for hydroxylation is 1. The number of hydrogen-bond donors (Lipinski definition) is 1. The van der Waals surface area contributed by atoms with E-state index in [2.05, 4.69) is 42.3 Å². The third-order valence-electron chi connectivity index (χ3n) is 3.73. The first-order chi connectivity index (χ1) is 8.86. The third kappa shape index (κ3) is 3.05. The van der Waals surface area contributed by atoms with Crippen LogP contribution in [-0.4, -0.2) is 26.2 Å². The standard InChI is InChI=1S/C16H26N2/c1-3-6-14-8-5-9-16(15(14)7-4-2)18-12-10-17-11-13-18/h5,8-9,17H,3-4,6-7,10-13H2,1-2H3. The van der Waals surface area contributed by atoms with Gasteiger partial charge in [-0.15, -0.1) is 0 Å². The second-order valence-electron chi connectivity index (χ2n) is 5.15. The van der Waals surface area contributed by atoms with Crippen molar-refractivity contribution in [3.05, 3.63) is 29.3 Å². The summed E-state index contributed by atoms with van der Waals surface area (Å²) in [4.78, 5) is 2.56. The lowest BCUT2D eigenvalue weighted by atomic mass is 9.97. The monoisotopic (exact) mass is 246 g/mol. The molecule has 0 spiro atoms. The molecule has 1 aromatic rings. The molecule has 2 heteroatoms. The average molecular weight is 246 g/mol. The molecule has 0 amide bonds. The van der Waals surface area contributed by atoms with Crippen LogP contribution in [0.4, 0.5) is 5.69 Å². The van der Waals surface area contributed by atoms with E-state index in [1.54, 1.807) is 11.1 Å². The van der Waals surface area contributed by atoms with E-state index in [0.29, 0.717) is 0 Å². The molecule has 0 atom stereocenters. The largest absolute Gasteiger partial charge is 0.369 e. The van der Waals surface area contributed by atoms with Crippen molar-refractivity contribution in [1.82, 2.24) is 5.32 Å². The summed E-state index contributed by atoms with van der Waals surface area (Å²) in [6, 6.07) is 6.87. The molecule has 0 unspecified atom stereocenters. The first-order valence-electron chi connectivity index (χ1n) is 7.43. The summed E-state index contributed by atoms with van der Waals surface area (Å²) in [5, 5.41) is 3.43. The number of hydrogen-bond acceptors (Lipinski definition) is 2. The highest BCUT2D eigenvalue weighted by Crippen LogP contribution is 2.26. The van der Waals surface area contributed by atoms with Gasteiger partial charge in [-0.05, 0) is 30.0 Å². The van der Waals surface area contributed by atoms with Crippen LogP contribution in [0.5, 0.6) is 0 Å². The molecular formula is C16H26N2. The van der Waals surface area contributed by atoms with Crippen molar-refractivity contribution < 1.29 is 0 Å². The topological polar surface area (TPSA) is 15.3 Å². The quantitative estimate of drug-likeness (QED) is 0.859. The van der Waals surface area contributed by atoms with Crippen LogP contribution >= 0.6 is 0 Å². The highest BCUT2D eigenvalue weighted by molar-refractivity contribution is 5.57. The van der Waals surface area contributed by atoms with Crippen LogP contribution in [0.15, 0.2) is 18.2 Å². The molecule has 1 fully saturated rings. The normalized spacial score (nSPS) is 16.0. The van der Waals surface area contributed by atoms with Gasteiger partial charge in [0.25, 0.3) is 0 Å². The zero-order valence-corrected chi connectivity index (χ0v) is 11.8. The van der Waals surface area contributed by atoms with Crippen molar-refractivity contribution in [3.8, 4) is 0 Å². The molecule has 1 aliphatic rings. The maximum absolute atomic E-state index is 3.43. The SMILES string of the molecule is CCCc1cccc(N2CCNCC2)c1CCC. The van der Waals surface area contributed by atoms with E-state index in [1.165, 1.54) is 31.4 Å². The molecule has 1 saturated heterocycles. The third-order valence-corrected chi connectivity index (χ3v) is 3.73. The number of rotatable bonds is 5. The van der Waals surface area contributed by atoms with Gasteiger partial charge in [0.1, 0.15) is 0 Å². The minimum absolute atomic E-state index is 1.11. The zero-order valence-electron chi connectivity index (χ0n) is 11.8. The summed E-state index contributed by atoms with van der Waals surface area (Å²) in [6.07, 6.45) is 4.91. The van der Waals surface area contributed by atoms with Crippen LogP contribution in [0.25, 0.3) is 0 Å². The summed E-state index contributed by atoms with van der Waals surface area (Å²) < 4.78 is 0. The first-order valence-corrected chi connectivity index (χ1v) is 7.43. The Balaban J connectivity index is 2.28. The Morgan fingerprint density at radius 2 is 1.78 bits per heavy atom. The van der Waals surface area contributed by atoms with Crippen LogP contribution in [0.3, 0.4) is 0 Å². The molecule has 1 heterocycles. The Hall–Kier alpha value is -1.02. The molecule has 0 bridgehead atoms. The molecule has 1 aromatic carbocycles. The minimum atomic E-state index is 1.11. The molecular weight excluding hydrogens is 220 g/mol. The van der Waals surface area contributed by atoms with Gasteiger partial charge in [-0.2, -0.15) is 0 Å². The Morgan fingerprint density at radius 1 is 1.06 bits per heavy atom. The highest BCUT2D eigenvalue weighted by atomic mass is 15.2. The minimum Gasteiger partial charge on any atom is -0.369 e. The number of anilines is 1.